The van der Waals surface area contributed by atoms with E-state index in [-0.39, 0.29) is 33.8 Å². The third kappa shape index (κ3) is 3.91. The van der Waals surface area contributed by atoms with Crippen LogP contribution >= 0.6 is 0 Å². The number of phenols is 2. The molecule has 4 rings (SSSR count). The number of hydrogen-bond acceptors (Lipinski definition) is 11. The van der Waals surface area contributed by atoms with Crippen LogP contribution in [-0.2, 0) is 9.53 Å². The van der Waals surface area contributed by atoms with Gasteiger partial charge in [0.2, 0.25) is 17.5 Å². The van der Waals surface area contributed by atoms with Gasteiger partial charge in [0.25, 0.3) is 0 Å². The molecule has 0 aliphatic carbocycles. The largest absolute Gasteiger partial charge is 0.508 e. The second kappa shape index (κ2) is 8.26. The van der Waals surface area contributed by atoms with Crippen molar-refractivity contribution in [1.82, 2.24) is 0 Å². The summed E-state index contributed by atoms with van der Waals surface area (Å²) in [5.41, 5.74) is -0.957. The standard InChI is InChI=1S/C21H18O12/c22-8-3-1-7(2-4-8)18-15(26)13(24)12-10(23)5-9(6-11(12)32-18)31-21-17(28)14(25)16(27)19(33-21)20(29)30/h1-6,14,16-17,19,21-23,25-28H,(H,29,30)/t14-,16-,17?,19?,21+/m0/s1. The second-order valence-electron chi connectivity index (χ2n) is 7.32. The Morgan fingerprint density at radius 1 is 0.939 bits per heavy atom. The molecule has 5 atom stereocenters. The number of aliphatic hydroxyl groups is 3. The molecule has 0 bridgehead atoms. The van der Waals surface area contributed by atoms with Crippen molar-refractivity contribution >= 4 is 16.9 Å². The summed E-state index contributed by atoms with van der Waals surface area (Å²) in [6.07, 6.45) is -9.35. The molecule has 1 aliphatic rings. The zero-order valence-electron chi connectivity index (χ0n) is 16.5. The van der Waals surface area contributed by atoms with Gasteiger partial charge in [0.1, 0.15) is 46.5 Å². The van der Waals surface area contributed by atoms with Gasteiger partial charge in [-0.1, -0.05) is 0 Å². The lowest BCUT2D eigenvalue weighted by molar-refractivity contribution is -0.271. The van der Waals surface area contributed by atoms with Gasteiger partial charge < -0.3 is 49.6 Å². The fourth-order valence-corrected chi connectivity index (χ4v) is 3.42. The molecule has 7 N–H and O–H groups in total. The number of carbonyl (C=O) groups is 1. The molecule has 2 aromatic carbocycles. The van der Waals surface area contributed by atoms with E-state index in [4.69, 9.17) is 19.0 Å². The number of benzene rings is 2. The predicted molar refractivity (Wildman–Crippen MR) is 108 cm³/mol. The minimum absolute atomic E-state index is 0.0623. The summed E-state index contributed by atoms with van der Waals surface area (Å²) in [6, 6.07) is 7.41. The Balaban J connectivity index is 1.75. The molecule has 3 aromatic rings. The molecular weight excluding hydrogens is 444 g/mol. The van der Waals surface area contributed by atoms with E-state index in [1.807, 2.05) is 0 Å². The number of phenolic OH excluding ortho intramolecular Hbond substituents is 2. The van der Waals surface area contributed by atoms with Gasteiger partial charge in [0.05, 0.1) is 0 Å². The number of carboxylic acid groups (broad SMARTS) is 1. The molecule has 1 fully saturated rings. The van der Waals surface area contributed by atoms with Crippen LogP contribution in [0.25, 0.3) is 22.3 Å². The minimum atomic E-state index is -1.92. The maximum Gasteiger partial charge on any atom is 0.335 e. The Morgan fingerprint density at radius 3 is 2.24 bits per heavy atom. The Labute approximate surface area is 183 Å². The number of aromatic hydroxyl groups is 3. The molecule has 0 spiro atoms. The van der Waals surface area contributed by atoms with Crippen molar-refractivity contribution in [2.45, 2.75) is 30.7 Å². The summed E-state index contributed by atoms with van der Waals surface area (Å²) in [7, 11) is 0. The first-order chi connectivity index (χ1) is 15.6. The predicted octanol–water partition coefficient (Wildman–Crippen LogP) is -0.152. The van der Waals surface area contributed by atoms with Crippen LogP contribution in [0.2, 0.25) is 0 Å². The monoisotopic (exact) mass is 462 g/mol. The molecule has 1 saturated heterocycles. The third-order valence-corrected chi connectivity index (χ3v) is 5.12. The highest BCUT2D eigenvalue weighted by Crippen LogP contribution is 2.36. The quantitative estimate of drug-likeness (QED) is 0.270. The van der Waals surface area contributed by atoms with Crippen molar-refractivity contribution in [3.63, 3.8) is 0 Å². The molecular formula is C21H18O12. The molecule has 1 aliphatic heterocycles. The summed E-state index contributed by atoms with van der Waals surface area (Å²) in [6.45, 7) is 0. The highest BCUT2D eigenvalue weighted by atomic mass is 16.7. The fraction of sp³-hybridized carbons (Fsp3) is 0.238. The Morgan fingerprint density at radius 2 is 1.61 bits per heavy atom. The third-order valence-electron chi connectivity index (χ3n) is 5.12. The maximum atomic E-state index is 12.6. The van der Waals surface area contributed by atoms with Crippen LogP contribution in [0.5, 0.6) is 23.0 Å². The highest BCUT2D eigenvalue weighted by Gasteiger charge is 2.48. The van der Waals surface area contributed by atoms with Gasteiger partial charge in [-0.05, 0) is 24.3 Å². The van der Waals surface area contributed by atoms with Gasteiger partial charge in [-0.15, -0.1) is 0 Å². The SMILES string of the molecule is O=C(O)C1O[C@@H](Oc2cc(O)c3c(=O)c(O)c(-c4ccc(O)cc4)oc3c2)C(O)[C@@H](O)[C@@H]1O. The second-order valence-corrected chi connectivity index (χ2v) is 7.32. The van der Waals surface area contributed by atoms with E-state index < -0.39 is 53.6 Å². The highest BCUT2D eigenvalue weighted by molar-refractivity contribution is 5.88. The van der Waals surface area contributed by atoms with E-state index >= 15 is 0 Å². The van der Waals surface area contributed by atoms with Crippen LogP contribution in [0.15, 0.2) is 45.6 Å². The van der Waals surface area contributed by atoms with Crippen molar-refractivity contribution in [2.24, 2.45) is 0 Å². The van der Waals surface area contributed by atoms with Crippen LogP contribution in [0.4, 0.5) is 0 Å². The van der Waals surface area contributed by atoms with Gasteiger partial charge in [-0.25, -0.2) is 4.79 Å². The Hall–Kier alpha value is -3.84. The normalized spacial score (nSPS) is 25.1. The van der Waals surface area contributed by atoms with Gasteiger partial charge in [-0.2, -0.15) is 0 Å². The molecule has 12 nitrogen and oxygen atoms in total. The van der Waals surface area contributed by atoms with Gasteiger partial charge in [0.15, 0.2) is 11.9 Å². The molecule has 1 aromatic heterocycles. The summed E-state index contributed by atoms with van der Waals surface area (Å²) >= 11 is 0. The number of hydrogen-bond donors (Lipinski definition) is 7. The average Bonchev–Trinajstić information content (AvgIpc) is 2.76. The van der Waals surface area contributed by atoms with E-state index in [0.717, 1.165) is 12.1 Å². The minimum Gasteiger partial charge on any atom is -0.508 e. The van der Waals surface area contributed by atoms with Gasteiger partial charge >= 0.3 is 5.97 Å². The molecule has 2 heterocycles. The average molecular weight is 462 g/mol. The Bertz CT molecular complexity index is 1260. The zero-order valence-corrected chi connectivity index (χ0v) is 16.5. The molecule has 2 unspecified atom stereocenters. The summed E-state index contributed by atoms with van der Waals surface area (Å²) < 4.78 is 16.0. The fourth-order valence-electron chi connectivity index (χ4n) is 3.42. The van der Waals surface area contributed by atoms with Crippen LogP contribution in [0.3, 0.4) is 0 Å². The lowest BCUT2D eigenvalue weighted by atomic mass is 9.99. The topological polar surface area (TPSA) is 207 Å². The molecule has 0 saturated carbocycles. The van der Waals surface area contributed by atoms with E-state index in [1.165, 1.54) is 24.3 Å². The maximum absolute atomic E-state index is 12.6. The summed E-state index contributed by atoms with van der Waals surface area (Å²) in [5.74, 6) is -3.63. The number of ether oxygens (including phenoxy) is 2. The lowest BCUT2D eigenvalue weighted by Gasteiger charge is -2.38. The van der Waals surface area contributed by atoms with Crippen LogP contribution in [-0.4, -0.2) is 72.4 Å². The molecule has 0 amide bonds. The van der Waals surface area contributed by atoms with Crippen molar-refractivity contribution in [2.75, 3.05) is 0 Å². The van der Waals surface area contributed by atoms with Gasteiger partial charge in [0, 0.05) is 17.7 Å². The lowest BCUT2D eigenvalue weighted by Crippen LogP contribution is -2.61. The van der Waals surface area contributed by atoms with Crippen molar-refractivity contribution in [3.05, 3.63) is 46.6 Å². The summed E-state index contributed by atoms with van der Waals surface area (Å²) in [5, 5.41) is 68.5. The van der Waals surface area contributed by atoms with Crippen molar-refractivity contribution in [3.8, 4) is 34.3 Å². The van der Waals surface area contributed by atoms with Gasteiger partial charge in [-0.3, -0.25) is 4.79 Å². The van der Waals surface area contributed by atoms with Crippen molar-refractivity contribution in [1.29, 1.82) is 0 Å². The van der Waals surface area contributed by atoms with E-state index in [1.54, 1.807) is 0 Å². The Kier molecular flexibility index (Phi) is 5.59. The molecule has 12 heteroatoms. The number of fused-ring (bicyclic) bond motifs is 1. The van der Waals surface area contributed by atoms with Crippen LogP contribution in [0, 0.1) is 0 Å². The first-order valence-corrected chi connectivity index (χ1v) is 9.49. The van der Waals surface area contributed by atoms with E-state index in [0.29, 0.717) is 0 Å². The number of aliphatic carboxylic acids is 1. The molecule has 33 heavy (non-hydrogen) atoms. The smallest absolute Gasteiger partial charge is 0.335 e. The van der Waals surface area contributed by atoms with E-state index in [2.05, 4.69) is 0 Å². The molecule has 174 valence electrons. The number of rotatable bonds is 4. The first-order valence-electron chi connectivity index (χ1n) is 9.49. The number of carboxylic acids is 1. The number of aliphatic hydroxyl groups excluding tert-OH is 3. The summed E-state index contributed by atoms with van der Waals surface area (Å²) in [4.78, 5) is 23.9. The van der Waals surface area contributed by atoms with Crippen LogP contribution in [0.1, 0.15) is 0 Å². The zero-order chi connectivity index (χ0) is 24.0. The molecule has 0 radical (unpaired) electrons. The first kappa shape index (κ1) is 22.4. The van der Waals surface area contributed by atoms with Crippen LogP contribution < -0.4 is 10.2 Å². The van der Waals surface area contributed by atoms with E-state index in [9.17, 15) is 40.2 Å². The van der Waals surface area contributed by atoms with Crippen molar-refractivity contribution < 1.29 is 54.4 Å².